The van der Waals surface area contributed by atoms with Crippen LogP contribution in [-0.2, 0) is 0 Å². The van der Waals surface area contributed by atoms with Gasteiger partial charge in [0.15, 0.2) is 0 Å². The van der Waals surface area contributed by atoms with E-state index in [-0.39, 0.29) is 23.1 Å². The number of hydrogen-bond acceptors (Lipinski definition) is 4. The van der Waals surface area contributed by atoms with Gasteiger partial charge >= 0.3 is 0 Å². The van der Waals surface area contributed by atoms with Crippen molar-refractivity contribution in [3.63, 3.8) is 0 Å². The highest BCUT2D eigenvalue weighted by atomic mass is 16.6. The summed E-state index contributed by atoms with van der Waals surface area (Å²) in [6, 6.07) is 5.62. The summed E-state index contributed by atoms with van der Waals surface area (Å²) >= 11 is 0. The summed E-state index contributed by atoms with van der Waals surface area (Å²) in [5.74, 6) is -0.147. The van der Waals surface area contributed by atoms with E-state index in [0.717, 1.165) is 0 Å². The molecule has 0 saturated carbocycles. The summed E-state index contributed by atoms with van der Waals surface area (Å²) in [6.45, 7) is 2.85. The molecule has 1 aromatic carbocycles. The zero-order valence-electron chi connectivity index (χ0n) is 9.55. The lowest BCUT2D eigenvalue weighted by Crippen LogP contribution is -2.31. The predicted molar refractivity (Wildman–Crippen MR) is 63.6 cm³/mol. The largest absolute Gasteiger partial charge is 0.352 e. The Labute approximate surface area is 99.0 Å². The number of rotatable bonds is 5. The van der Waals surface area contributed by atoms with Crippen molar-refractivity contribution in [3.8, 4) is 0 Å². The second-order valence-corrected chi connectivity index (χ2v) is 3.86. The van der Waals surface area contributed by atoms with E-state index in [2.05, 4.69) is 5.32 Å². The quantitative estimate of drug-likeness (QED) is 0.587. The zero-order valence-corrected chi connectivity index (χ0v) is 9.55. The number of nitrogens with two attached hydrogens (primary N) is 1. The molecule has 0 radical (unpaired) electrons. The maximum Gasteiger partial charge on any atom is 0.270 e. The number of amides is 1. The predicted octanol–water partition coefficient (Wildman–Crippen LogP) is 0.919. The Bertz CT molecular complexity index is 420. The molecule has 1 aromatic rings. The lowest BCUT2D eigenvalue weighted by atomic mass is 10.1. The van der Waals surface area contributed by atoms with Crippen LogP contribution in [0, 0.1) is 16.0 Å². The zero-order chi connectivity index (χ0) is 12.8. The molecule has 0 fully saturated rings. The molecule has 17 heavy (non-hydrogen) atoms. The molecule has 0 aromatic heterocycles. The van der Waals surface area contributed by atoms with Crippen LogP contribution in [0.25, 0.3) is 0 Å². The highest BCUT2D eigenvalue weighted by Gasteiger charge is 2.11. The van der Waals surface area contributed by atoms with Crippen LogP contribution in [0.2, 0.25) is 0 Å². The number of nitro groups is 1. The van der Waals surface area contributed by atoms with Gasteiger partial charge in [0.05, 0.1) is 4.92 Å². The fourth-order valence-electron chi connectivity index (χ4n) is 1.21. The summed E-state index contributed by atoms with van der Waals surface area (Å²) < 4.78 is 0. The van der Waals surface area contributed by atoms with E-state index in [1.54, 1.807) is 0 Å². The fraction of sp³-hybridized carbons (Fsp3) is 0.364. The van der Waals surface area contributed by atoms with E-state index in [9.17, 15) is 14.9 Å². The van der Waals surface area contributed by atoms with Crippen molar-refractivity contribution in [3.05, 3.63) is 39.9 Å². The summed E-state index contributed by atoms with van der Waals surface area (Å²) in [5.41, 5.74) is 5.61. The molecule has 92 valence electrons. The number of nitro benzene ring substituents is 1. The molecule has 6 heteroatoms. The average Bonchev–Trinajstić information content (AvgIpc) is 2.35. The Kier molecular flexibility index (Phi) is 4.59. The minimum absolute atomic E-state index is 0.0930. The monoisotopic (exact) mass is 237 g/mol. The number of carbonyl (C=O) groups excluding carboxylic acids is 1. The van der Waals surface area contributed by atoms with Crippen molar-refractivity contribution >= 4 is 11.6 Å². The van der Waals surface area contributed by atoms with Gasteiger partial charge in [-0.15, -0.1) is 0 Å². The molecule has 1 rings (SSSR count). The van der Waals surface area contributed by atoms with Crippen LogP contribution in [-0.4, -0.2) is 23.9 Å². The van der Waals surface area contributed by atoms with E-state index in [0.29, 0.717) is 13.1 Å². The Hall–Kier alpha value is -1.95. The number of nitrogens with zero attached hydrogens (tertiary/aromatic N) is 1. The molecule has 1 atom stereocenters. The van der Waals surface area contributed by atoms with Crippen LogP contribution in [0.3, 0.4) is 0 Å². The van der Waals surface area contributed by atoms with Gasteiger partial charge in [-0.05, 0) is 18.5 Å². The SMILES string of the molecule is CC(CN)CNC(=O)c1cccc([N+](=O)[O-])c1. The molecule has 0 aliphatic carbocycles. The Balaban J connectivity index is 2.69. The van der Waals surface area contributed by atoms with Gasteiger partial charge in [-0.3, -0.25) is 14.9 Å². The van der Waals surface area contributed by atoms with Gasteiger partial charge in [0.25, 0.3) is 11.6 Å². The van der Waals surface area contributed by atoms with Gasteiger partial charge in [-0.2, -0.15) is 0 Å². The molecule has 0 saturated heterocycles. The first-order valence-corrected chi connectivity index (χ1v) is 5.27. The van der Waals surface area contributed by atoms with Crippen LogP contribution in [0.15, 0.2) is 24.3 Å². The van der Waals surface area contributed by atoms with Crippen molar-refractivity contribution in [2.24, 2.45) is 11.7 Å². The molecule has 6 nitrogen and oxygen atoms in total. The molecule has 0 bridgehead atoms. The van der Waals surface area contributed by atoms with Crippen molar-refractivity contribution in [1.82, 2.24) is 5.32 Å². The first kappa shape index (κ1) is 13.1. The minimum atomic E-state index is -0.528. The molecule has 0 heterocycles. The molecule has 0 aliphatic heterocycles. The maximum atomic E-state index is 11.7. The van der Waals surface area contributed by atoms with Gasteiger partial charge in [0, 0.05) is 24.2 Å². The van der Waals surface area contributed by atoms with Gasteiger partial charge in [0.1, 0.15) is 0 Å². The normalized spacial score (nSPS) is 11.9. The number of non-ortho nitro benzene ring substituents is 1. The van der Waals surface area contributed by atoms with Gasteiger partial charge in [-0.1, -0.05) is 13.0 Å². The highest BCUT2D eigenvalue weighted by Crippen LogP contribution is 2.12. The third kappa shape index (κ3) is 3.84. The molecular formula is C11H15N3O3. The third-order valence-electron chi connectivity index (χ3n) is 2.33. The molecular weight excluding hydrogens is 222 g/mol. The molecule has 3 N–H and O–H groups in total. The molecule has 0 aliphatic rings. The average molecular weight is 237 g/mol. The molecule has 0 spiro atoms. The van der Waals surface area contributed by atoms with Crippen LogP contribution in [0.1, 0.15) is 17.3 Å². The second-order valence-electron chi connectivity index (χ2n) is 3.86. The van der Waals surface area contributed by atoms with Crippen LogP contribution in [0.4, 0.5) is 5.69 Å². The fourth-order valence-corrected chi connectivity index (χ4v) is 1.21. The van der Waals surface area contributed by atoms with E-state index < -0.39 is 4.92 Å². The van der Waals surface area contributed by atoms with Crippen LogP contribution in [0.5, 0.6) is 0 Å². The van der Waals surface area contributed by atoms with Gasteiger partial charge < -0.3 is 11.1 Å². The second kappa shape index (κ2) is 5.95. The van der Waals surface area contributed by atoms with Crippen molar-refractivity contribution in [1.29, 1.82) is 0 Å². The third-order valence-corrected chi connectivity index (χ3v) is 2.33. The van der Waals surface area contributed by atoms with E-state index in [1.807, 2.05) is 6.92 Å². The molecule has 1 unspecified atom stereocenters. The summed E-state index contributed by atoms with van der Waals surface area (Å²) in [4.78, 5) is 21.7. The summed E-state index contributed by atoms with van der Waals surface area (Å²) in [6.07, 6.45) is 0. The van der Waals surface area contributed by atoms with Gasteiger partial charge in [-0.25, -0.2) is 0 Å². The van der Waals surface area contributed by atoms with Gasteiger partial charge in [0.2, 0.25) is 0 Å². The first-order valence-electron chi connectivity index (χ1n) is 5.27. The number of carbonyl (C=O) groups is 1. The first-order chi connectivity index (χ1) is 8.04. The lowest BCUT2D eigenvalue weighted by Gasteiger charge is -2.09. The lowest BCUT2D eigenvalue weighted by molar-refractivity contribution is -0.384. The van der Waals surface area contributed by atoms with Crippen LogP contribution >= 0.6 is 0 Å². The Morgan fingerprint density at radius 2 is 2.29 bits per heavy atom. The van der Waals surface area contributed by atoms with Crippen molar-refractivity contribution in [2.45, 2.75) is 6.92 Å². The van der Waals surface area contributed by atoms with Crippen molar-refractivity contribution in [2.75, 3.05) is 13.1 Å². The topological polar surface area (TPSA) is 98.3 Å². The maximum absolute atomic E-state index is 11.7. The Morgan fingerprint density at radius 3 is 2.88 bits per heavy atom. The standard InChI is InChI=1S/C11H15N3O3/c1-8(6-12)7-13-11(15)9-3-2-4-10(5-9)14(16)17/h2-5,8H,6-7,12H2,1H3,(H,13,15). The minimum Gasteiger partial charge on any atom is -0.352 e. The smallest absolute Gasteiger partial charge is 0.270 e. The van der Waals surface area contributed by atoms with Crippen LogP contribution < -0.4 is 11.1 Å². The van der Waals surface area contributed by atoms with Crippen molar-refractivity contribution < 1.29 is 9.72 Å². The number of nitrogens with one attached hydrogen (secondary N) is 1. The van der Waals surface area contributed by atoms with E-state index in [1.165, 1.54) is 24.3 Å². The van der Waals surface area contributed by atoms with E-state index >= 15 is 0 Å². The Morgan fingerprint density at radius 1 is 1.59 bits per heavy atom. The van der Waals surface area contributed by atoms with E-state index in [4.69, 9.17) is 5.73 Å². The summed E-state index contributed by atoms with van der Waals surface area (Å²) in [5, 5.41) is 13.2. The number of hydrogen-bond donors (Lipinski definition) is 2. The molecule has 1 amide bonds. The number of benzene rings is 1. The summed E-state index contributed by atoms with van der Waals surface area (Å²) in [7, 11) is 0. The highest BCUT2D eigenvalue weighted by molar-refractivity contribution is 5.94.